The fourth-order valence-corrected chi connectivity index (χ4v) is 3.19. The van der Waals surface area contributed by atoms with Crippen molar-refractivity contribution in [3.05, 3.63) is 35.4 Å². The summed E-state index contributed by atoms with van der Waals surface area (Å²) in [5.74, 6) is -0.770. The van der Waals surface area contributed by atoms with E-state index in [1.807, 2.05) is 12.1 Å². The molecule has 0 unspecified atom stereocenters. The summed E-state index contributed by atoms with van der Waals surface area (Å²) in [5.41, 5.74) is 2.67. The highest BCUT2D eigenvalue weighted by molar-refractivity contribution is 5.70. The zero-order valence-corrected chi connectivity index (χ0v) is 12.6. The zero-order chi connectivity index (χ0) is 14.6. The molecule has 110 valence electrons. The fourth-order valence-electron chi connectivity index (χ4n) is 3.19. The first-order valence-corrected chi connectivity index (χ1v) is 7.59. The van der Waals surface area contributed by atoms with Crippen molar-refractivity contribution in [1.29, 1.82) is 0 Å². The highest BCUT2D eigenvalue weighted by atomic mass is 16.4. The van der Waals surface area contributed by atoms with Gasteiger partial charge in [0.2, 0.25) is 0 Å². The topological polar surface area (TPSA) is 40.5 Å². The van der Waals surface area contributed by atoms with Crippen molar-refractivity contribution in [2.75, 3.05) is 13.1 Å². The van der Waals surface area contributed by atoms with E-state index in [2.05, 4.69) is 30.9 Å². The first kappa shape index (κ1) is 15.0. The molecule has 0 saturated carbocycles. The van der Waals surface area contributed by atoms with Gasteiger partial charge in [-0.3, -0.25) is 9.69 Å². The Bertz CT molecular complexity index is 449. The summed E-state index contributed by atoms with van der Waals surface area (Å²) in [4.78, 5) is 13.2. The van der Waals surface area contributed by atoms with Crippen molar-refractivity contribution in [1.82, 2.24) is 4.90 Å². The molecular formula is C17H25NO2. The van der Waals surface area contributed by atoms with Gasteiger partial charge in [-0.2, -0.15) is 0 Å². The molecule has 1 aromatic carbocycles. The molecule has 1 aromatic rings. The van der Waals surface area contributed by atoms with Gasteiger partial charge in [-0.05, 0) is 42.3 Å². The van der Waals surface area contributed by atoms with Gasteiger partial charge in [0, 0.05) is 13.1 Å². The third kappa shape index (κ3) is 3.60. The molecule has 3 nitrogen and oxygen atoms in total. The maximum absolute atomic E-state index is 10.7. The molecule has 20 heavy (non-hydrogen) atoms. The molecule has 2 rings (SSSR count). The van der Waals surface area contributed by atoms with E-state index in [1.54, 1.807) is 0 Å². The molecule has 0 spiro atoms. The molecule has 1 aliphatic rings. The number of carboxylic acid groups (broad SMARTS) is 1. The molecule has 1 heterocycles. The molecule has 0 bridgehead atoms. The van der Waals surface area contributed by atoms with Gasteiger partial charge in [0.25, 0.3) is 0 Å². The zero-order valence-electron chi connectivity index (χ0n) is 12.6. The monoisotopic (exact) mass is 275 g/mol. The van der Waals surface area contributed by atoms with E-state index in [9.17, 15) is 4.79 Å². The minimum Gasteiger partial charge on any atom is -0.481 e. The number of nitrogens with zero attached hydrogens (tertiary/aromatic N) is 1. The number of carbonyl (C=O) groups is 1. The Morgan fingerprint density at radius 2 is 1.80 bits per heavy atom. The minimum absolute atomic E-state index is 0.110. The predicted octanol–water partition coefficient (Wildman–Crippen LogP) is 3.33. The summed E-state index contributed by atoms with van der Waals surface area (Å²) in [6.45, 7) is 7.95. The molecule has 1 N–H and O–H groups in total. The lowest BCUT2D eigenvalue weighted by Gasteiger charge is -2.26. The van der Waals surface area contributed by atoms with E-state index in [0.717, 1.165) is 12.1 Å². The van der Waals surface area contributed by atoms with Gasteiger partial charge >= 0.3 is 5.97 Å². The van der Waals surface area contributed by atoms with Crippen molar-refractivity contribution in [3.63, 3.8) is 0 Å². The van der Waals surface area contributed by atoms with Crippen LogP contribution in [0.15, 0.2) is 24.3 Å². The number of rotatable bonds is 6. The van der Waals surface area contributed by atoms with Gasteiger partial charge in [0.1, 0.15) is 0 Å². The predicted molar refractivity (Wildman–Crippen MR) is 80.7 cm³/mol. The third-order valence-electron chi connectivity index (χ3n) is 4.80. The molecular weight excluding hydrogens is 250 g/mol. The standard InChI is InChI=1S/C17H25NO2/c1-3-17(4-2)9-10-18(13-17)12-15-7-5-14(6-8-15)11-16(19)20/h5-8H,3-4,9-13H2,1-2H3,(H,19,20). The fraction of sp³-hybridized carbons (Fsp3) is 0.588. The first-order valence-electron chi connectivity index (χ1n) is 7.59. The minimum atomic E-state index is -0.770. The van der Waals surface area contributed by atoms with Crippen LogP contribution in [0.5, 0.6) is 0 Å². The molecule has 1 fully saturated rings. The third-order valence-corrected chi connectivity index (χ3v) is 4.80. The second-order valence-electron chi connectivity index (χ2n) is 6.05. The van der Waals surface area contributed by atoms with Crippen molar-refractivity contribution in [2.24, 2.45) is 5.41 Å². The van der Waals surface area contributed by atoms with Crippen molar-refractivity contribution in [2.45, 2.75) is 46.1 Å². The van der Waals surface area contributed by atoms with Crippen LogP contribution in [0, 0.1) is 5.41 Å². The van der Waals surface area contributed by atoms with Crippen LogP contribution >= 0.6 is 0 Å². The average Bonchev–Trinajstić information content (AvgIpc) is 2.84. The Balaban J connectivity index is 1.93. The van der Waals surface area contributed by atoms with Crippen LogP contribution in [0.3, 0.4) is 0 Å². The van der Waals surface area contributed by atoms with E-state index >= 15 is 0 Å². The molecule has 1 aliphatic heterocycles. The quantitative estimate of drug-likeness (QED) is 0.865. The Hall–Kier alpha value is -1.35. The van der Waals surface area contributed by atoms with Crippen LogP contribution in [-0.4, -0.2) is 29.1 Å². The van der Waals surface area contributed by atoms with Crippen molar-refractivity contribution < 1.29 is 9.90 Å². The summed E-state index contributed by atoms with van der Waals surface area (Å²) < 4.78 is 0. The maximum Gasteiger partial charge on any atom is 0.307 e. The molecule has 0 amide bonds. The first-order chi connectivity index (χ1) is 9.57. The summed E-state index contributed by atoms with van der Waals surface area (Å²) in [6, 6.07) is 8.01. The average molecular weight is 275 g/mol. The number of hydrogen-bond donors (Lipinski definition) is 1. The van der Waals surface area contributed by atoms with Gasteiger partial charge in [-0.1, -0.05) is 38.1 Å². The van der Waals surface area contributed by atoms with Gasteiger partial charge in [-0.25, -0.2) is 0 Å². The highest BCUT2D eigenvalue weighted by Crippen LogP contribution is 2.37. The Labute approximate surface area is 121 Å². The summed E-state index contributed by atoms with van der Waals surface area (Å²) >= 11 is 0. The second-order valence-corrected chi connectivity index (χ2v) is 6.05. The molecule has 0 aliphatic carbocycles. The Kier molecular flexibility index (Phi) is 4.81. The molecule has 0 radical (unpaired) electrons. The summed E-state index contributed by atoms with van der Waals surface area (Å²) in [7, 11) is 0. The van der Waals surface area contributed by atoms with Crippen LogP contribution in [0.2, 0.25) is 0 Å². The smallest absolute Gasteiger partial charge is 0.307 e. The molecule has 0 atom stereocenters. The highest BCUT2D eigenvalue weighted by Gasteiger charge is 2.34. The summed E-state index contributed by atoms with van der Waals surface area (Å²) in [6.07, 6.45) is 3.94. The normalized spacial score (nSPS) is 18.3. The van der Waals surface area contributed by atoms with E-state index in [0.29, 0.717) is 5.41 Å². The summed E-state index contributed by atoms with van der Waals surface area (Å²) in [5, 5.41) is 8.77. The largest absolute Gasteiger partial charge is 0.481 e. The number of aliphatic carboxylic acids is 1. The maximum atomic E-state index is 10.7. The number of hydrogen-bond acceptors (Lipinski definition) is 2. The van der Waals surface area contributed by atoms with E-state index in [-0.39, 0.29) is 6.42 Å². The second kappa shape index (κ2) is 6.40. The van der Waals surface area contributed by atoms with Gasteiger partial charge < -0.3 is 5.11 Å². The van der Waals surface area contributed by atoms with Crippen LogP contribution in [-0.2, 0) is 17.8 Å². The van der Waals surface area contributed by atoms with E-state index in [1.165, 1.54) is 37.9 Å². The van der Waals surface area contributed by atoms with Crippen LogP contribution < -0.4 is 0 Å². The van der Waals surface area contributed by atoms with Crippen LogP contribution in [0.25, 0.3) is 0 Å². The Morgan fingerprint density at radius 1 is 1.20 bits per heavy atom. The van der Waals surface area contributed by atoms with E-state index in [4.69, 9.17) is 5.11 Å². The van der Waals surface area contributed by atoms with E-state index < -0.39 is 5.97 Å². The number of carboxylic acids is 1. The van der Waals surface area contributed by atoms with Crippen LogP contribution in [0.4, 0.5) is 0 Å². The van der Waals surface area contributed by atoms with Gasteiger partial charge in [-0.15, -0.1) is 0 Å². The lowest BCUT2D eigenvalue weighted by molar-refractivity contribution is -0.136. The SMILES string of the molecule is CCC1(CC)CCN(Cc2ccc(CC(=O)O)cc2)C1. The lowest BCUT2D eigenvalue weighted by Crippen LogP contribution is -2.26. The number of benzene rings is 1. The Morgan fingerprint density at radius 3 is 2.30 bits per heavy atom. The lowest BCUT2D eigenvalue weighted by atomic mass is 9.82. The van der Waals surface area contributed by atoms with Gasteiger partial charge in [0.15, 0.2) is 0 Å². The molecule has 3 heteroatoms. The molecule has 1 saturated heterocycles. The van der Waals surface area contributed by atoms with Crippen LogP contribution in [0.1, 0.15) is 44.2 Å². The molecule has 0 aromatic heterocycles. The van der Waals surface area contributed by atoms with Crippen molar-refractivity contribution in [3.8, 4) is 0 Å². The number of likely N-dealkylation sites (tertiary alicyclic amines) is 1. The van der Waals surface area contributed by atoms with Gasteiger partial charge in [0.05, 0.1) is 6.42 Å². The van der Waals surface area contributed by atoms with Crippen molar-refractivity contribution >= 4 is 5.97 Å².